The van der Waals surface area contributed by atoms with Crippen LogP contribution in [0.15, 0.2) is 42.5 Å². The van der Waals surface area contributed by atoms with E-state index in [0.717, 1.165) is 5.56 Å². The fourth-order valence-electron chi connectivity index (χ4n) is 1.49. The van der Waals surface area contributed by atoms with Gasteiger partial charge in [-0.15, -0.1) is 0 Å². The van der Waals surface area contributed by atoms with Gasteiger partial charge in [-0.1, -0.05) is 24.3 Å². The van der Waals surface area contributed by atoms with E-state index >= 15 is 0 Å². The van der Waals surface area contributed by atoms with E-state index in [9.17, 15) is 10.2 Å². The van der Waals surface area contributed by atoms with Gasteiger partial charge in [-0.3, -0.25) is 0 Å². The molecule has 0 amide bonds. The Labute approximate surface area is 138 Å². The van der Waals surface area contributed by atoms with Crippen molar-refractivity contribution < 1.29 is 18.2 Å². The van der Waals surface area contributed by atoms with Crippen molar-refractivity contribution in [2.24, 2.45) is 0 Å². The van der Waals surface area contributed by atoms with E-state index in [1.54, 1.807) is 42.5 Å². The quantitative estimate of drug-likeness (QED) is 0.581. The number of benzene rings is 2. The van der Waals surface area contributed by atoms with Crippen LogP contribution in [-0.2, 0) is 0 Å². The first kappa shape index (κ1) is 14.9. The topological polar surface area (TPSA) is 60.7 Å². The monoisotopic (exact) mass is 270 g/mol. The van der Waals surface area contributed by atoms with Crippen molar-refractivity contribution >= 4 is 49.9 Å². The van der Waals surface area contributed by atoms with E-state index in [4.69, 9.17) is 5.11 Å². The van der Waals surface area contributed by atoms with Crippen molar-refractivity contribution in [3.8, 4) is 17.2 Å². The van der Waals surface area contributed by atoms with Gasteiger partial charge in [0.15, 0.2) is 0 Å². The van der Waals surface area contributed by atoms with Gasteiger partial charge in [0.2, 0.25) is 0 Å². The van der Waals surface area contributed by atoms with Crippen molar-refractivity contribution in [2.45, 2.75) is 0 Å². The second kappa shape index (κ2) is 6.69. The molecule has 2 aromatic rings. The molecule has 4 heteroatoms. The molecule has 2 aromatic carbocycles. The summed E-state index contributed by atoms with van der Waals surface area (Å²) in [6, 6.07) is 11.1. The van der Waals surface area contributed by atoms with E-state index < -0.39 is 0 Å². The van der Waals surface area contributed by atoms with E-state index in [1.807, 2.05) is 6.08 Å². The van der Waals surface area contributed by atoms with Crippen LogP contribution in [0.3, 0.4) is 0 Å². The molecule has 0 saturated carbocycles. The minimum atomic E-state index is 0. The number of hydrogen-bond donors (Lipinski definition) is 3. The van der Waals surface area contributed by atoms with Gasteiger partial charge in [0.25, 0.3) is 0 Å². The predicted molar refractivity (Wildman–Crippen MR) is 74.8 cm³/mol. The molecule has 90 valence electrons. The summed E-state index contributed by atoms with van der Waals surface area (Å²) in [7, 11) is 0. The Bertz CT molecular complexity index is 537. The second-order valence-electron chi connectivity index (χ2n) is 3.71. The number of rotatable bonds is 2. The van der Waals surface area contributed by atoms with E-state index in [0.29, 0.717) is 5.56 Å². The Morgan fingerprint density at radius 1 is 0.667 bits per heavy atom. The standard InChI is InChI=1S/C14H12O3.Ca.2H/c15-12-5-3-10(4-6-12)1-2-11-7-13(16)9-14(17)8-11;;;/h1-9,15-17H;;;/q;+2;2*-1. The molecule has 3 nitrogen and oxygen atoms in total. The zero-order chi connectivity index (χ0) is 12.3. The van der Waals surface area contributed by atoms with E-state index in [2.05, 4.69) is 0 Å². The smallest absolute Gasteiger partial charge is 1.00 e. The van der Waals surface area contributed by atoms with Crippen LogP contribution in [0.5, 0.6) is 17.2 Å². The van der Waals surface area contributed by atoms with Gasteiger partial charge >= 0.3 is 37.7 Å². The van der Waals surface area contributed by atoms with Gasteiger partial charge in [0.1, 0.15) is 17.2 Å². The van der Waals surface area contributed by atoms with Gasteiger partial charge in [0, 0.05) is 6.07 Å². The number of phenols is 3. The molecule has 0 aliphatic carbocycles. The first-order chi connectivity index (χ1) is 8.13. The molecular weight excluding hydrogens is 256 g/mol. The van der Waals surface area contributed by atoms with Crippen LogP contribution in [0.1, 0.15) is 14.0 Å². The zero-order valence-corrected chi connectivity index (χ0v) is 12.0. The molecule has 0 aromatic heterocycles. The average Bonchev–Trinajstić information content (AvgIpc) is 2.27. The molecule has 2 rings (SSSR count). The molecule has 0 aliphatic heterocycles. The summed E-state index contributed by atoms with van der Waals surface area (Å²) in [6.45, 7) is 0. The molecule has 0 saturated heterocycles. The maximum Gasteiger partial charge on any atom is 2.00 e. The Kier molecular flexibility index (Phi) is 5.53. The Hall–Kier alpha value is -1.16. The molecule has 3 N–H and O–H groups in total. The second-order valence-corrected chi connectivity index (χ2v) is 3.71. The molecule has 0 atom stereocenters. The Balaban J connectivity index is 0. The predicted octanol–water partition coefficient (Wildman–Crippen LogP) is 2.82. The van der Waals surface area contributed by atoms with Crippen LogP contribution < -0.4 is 0 Å². The number of phenolic OH excluding ortho intramolecular Hbond substituents is 3. The zero-order valence-electron chi connectivity index (χ0n) is 11.7. The van der Waals surface area contributed by atoms with Crippen LogP contribution in [-0.4, -0.2) is 53.1 Å². The van der Waals surface area contributed by atoms with Gasteiger partial charge in [-0.05, 0) is 35.4 Å². The summed E-state index contributed by atoms with van der Waals surface area (Å²) in [4.78, 5) is 0. The minimum absolute atomic E-state index is 0. The van der Waals surface area contributed by atoms with Crippen molar-refractivity contribution in [1.29, 1.82) is 0 Å². The van der Waals surface area contributed by atoms with Crippen molar-refractivity contribution in [3.63, 3.8) is 0 Å². The minimum Gasteiger partial charge on any atom is -1.00 e. The fraction of sp³-hybridized carbons (Fsp3) is 0. The van der Waals surface area contributed by atoms with Crippen LogP contribution in [0.2, 0.25) is 0 Å². The molecule has 0 heterocycles. The first-order valence-corrected chi connectivity index (χ1v) is 5.13. The molecule has 0 unspecified atom stereocenters. The summed E-state index contributed by atoms with van der Waals surface area (Å²) in [5.41, 5.74) is 1.63. The molecule has 0 radical (unpaired) electrons. The van der Waals surface area contributed by atoms with Gasteiger partial charge < -0.3 is 18.2 Å². The average molecular weight is 270 g/mol. The molecule has 0 aliphatic rings. The first-order valence-electron chi connectivity index (χ1n) is 5.13. The third-order valence-corrected chi connectivity index (χ3v) is 2.29. The summed E-state index contributed by atoms with van der Waals surface area (Å²) < 4.78 is 0. The van der Waals surface area contributed by atoms with Crippen LogP contribution in [0.25, 0.3) is 12.2 Å². The SMILES string of the molecule is Oc1ccc(C=Cc2cc(O)cc(O)c2)cc1.[Ca+2].[H-].[H-]. The Morgan fingerprint density at radius 2 is 1.17 bits per heavy atom. The largest absolute Gasteiger partial charge is 2.00 e. The van der Waals surface area contributed by atoms with E-state index in [-0.39, 0.29) is 57.8 Å². The van der Waals surface area contributed by atoms with Crippen molar-refractivity contribution in [3.05, 3.63) is 53.6 Å². The fourth-order valence-corrected chi connectivity index (χ4v) is 1.49. The van der Waals surface area contributed by atoms with E-state index in [1.165, 1.54) is 6.07 Å². The summed E-state index contributed by atoms with van der Waals surface area (Å²) in [6.07, 6.45) is 3.60. The van der Waals surface area contributed by atoms with Crippen molar-refractivity contribution in [2.75, 3.05) is 0 Å². The normalized spacial score (nSPS) is 10.2. The number of hydrogen-bond acceptors (Lipinski definition) is 3. The maximum absolute atomic E-state index is 9.30. The van der Waals surface area contributed by atoms with Crippen molar-refractivity contribution in [1.82, 2.24) is 0 Å². The van der Waals surface area contributed by atoms with Crippen LogP contribution in [0.4, 0.5) is 0 Å². The number of aromatic hydroxyl groups is 3. The molecular formula is C14H14CaO3. The summed E-state index contributed by atoms with van der Waals surface area (Å²) >= 11 is 0. The van der Waals surface area contributed by atoms with Gasteiger partial charge in [-0.2, -0.15) is 0 Å². The third kappa shape index (κ3) is 4.26. The molecule has 18 heavy (non-hydrogen) atoms. The molecule has 0 fully saturated rings. The summed E-state index contributed by atoms with van der Waals surface area (Å²) in [5, 5.41) is 27.7. The van der Waals surface area contributed by atoms with Crippen LogP contribution in [0, 0.1) is 0 Å². The van der Waals surface area contributed by atoms with Crippen LogP contribution >= 0.6 is 0 Å². The Morgan fingerprint density at radius 3 is 1.72 bits per heavy atom. The molecule has 0 bridgehead atoms. The maximum atomic E-state index is 9.30. The molecule has 0 spiro atoms. The third-order valence-electron chi connectivity index (χ3n) is 2.29. The van der Waals surface area contributed by atoms with Gasteiger partial charge in [-0.25, -0.2) is 0 Å². The van der Waals surface area contributed by atoms with Gasteiger partial charge in [0.05, 0.1) is 0 Å². The summed E-state index contributed by atoms with van der Waals surface area (Å²) in [5.74, 6) is 0.267.